The lowest BCUT2D eigenvalue weighted by atomic mass is 9.94. The van der Waals surface area contributed by atoms with Crippen LogP contribution >= 0.6 is 0 Å². The van der Waals surface area contributed by atoms with E-state index in [1.807, 2.05) is 11.0 Å². The van der Waals surface area contributed by atoms with Crippen LogP contribution < -0.4 is 5.32 Å². The Bertz CT molecular complexity index is 482. The molecule has 126 valence electrons. The Hall–Kier alpha value is -1.43. The van der Waals surface area contributed by atoms with E-state index in [0.29, 0.717) is 38.8 Å². The van der Waals surface area contributed by atoms with Crippen molar-refractivity contribution in [3.05, 3.63) is 35.9 Å². The van der Waals surface area contributed by atoms with Crippen molar-refractivity contribution in [2.45, 2.75) is 18.9 Å². The fourth-order valence-corrected chi connectivity index (χ4v) is 3.26. The molecule has 0 bridgehead atoms. The van der Waals surface area contributed by atoms with Crippen LogP contribution in [0.3, 0.4) is 0 Å². The topological polar surface area (TPSA) is 50.8 Å². The van der Waals surface area contributed by atoms with E-state index in [2.05, 4.69) is 29.6 Å². The van der Waals surface area contributed by atoms with Crippen molar-refractivity contribution in [3.63, 3.8) is 0 Å². The number of hydrogen-bond acceptors (Lipinski definition) is 4. The number of benzene rings is 1. The Morgan fingerprint density at radius 3 is 2.65 bits per heavy atom. The first-order valence-electron chi connectivity index (χ1n) is 8.54. The highest BCUT2D eigenvalue weighted by atomic mass is 16.5. The second-order valence-electron chi connectivity index (χ2n) is 6.30. The molecule has 2 saturated heterocycles. The average molecular weight is 318 g/mol. The molecule has 0 radical (unpaired) electrons. The molecule has 0 unspecified atom stereocenters. The highest BCUT2D eigenvalue weighted by Gasteiger charge is 2.23. The van der Waals surface area contributed by atoms with Crippen molar-refractivity contribution < 1.29 is 14.3 Å². The lowest BCUT2D eigenvalue weighted by Gasteiger charge is -2.28. The van der Waals surface area contributed by atoms with E-state index in [-0.39, 0.29) is 11.9 Å². The van der Waals surface area contributed by atoms with Crippen molar-refractivity contribution in [3.8, 4) is 0 Å². The van der Waals surface area contributed by atoms with Crippen LogP contribution in [-0.2, 0) is 14.3 Å². The van der Waals surface area contributed by atoms with Gasteiger partial charge in [0.05, 0.1) is 19.8 Å². The minimum atomic E-state index is 0.164. The molecule has 2 heterocycles. The van der Waals surface area contributed by atoms with Crippen LogP contribution in [0.1, 0.15) is 24.4 Å². The van der Waals surface area contributed by atoms with Gasteiger partial charge in [0, 0.05) is 32.3 Å². The molecule has 0 spiro atoms. The van der Waals surface area contributed by atoms with Crippen molar-refractivity contribution in [2.75, 3.05) is 46.1 Å². The number of morpholine rings is 1. The third kappa shape index (κ3) is 4.77. The van der Waals surface area contributed by atoms with E-state index < -0.39 is 0 Å². The van der Waals surface area contributed by atoms with Gasteiger partial charge in [0.25, 0.3) is 0 Å². The largest absolute Gasteiger partial charge is 0.381 e. The molecule has 1 aromatic carbocycles. The molecule has 0 aromatic heterocycles. The third-order valence-corrected chi connectivity index (χ3v) is 4.66. The molecule has 0 saturated carbocycles. The maximum absolute atomic E-state index is 12.4. The molecular formula is C18H26N2O3. The molecule has 2 fully saturated rings. The number of rotatable bonds is 6. The number of nitrogens with one attached hydrogen (secondary N) is 1. The van der Waals surface area contributed by atoms with Gasteiger partial charge in [0.1, 0.15) is 0 Å². The molecule has 2 atom stereocenters. The first-order chi connectivity index (χ1) is 11.3. The Balaban J connectivity index is 1.57. The van der Waals surface area contributed by atoms with Crippen LogP contribution in [0.2, 0.25) is 0 Å². The molecule has 2 aliphatic rings. The van der Waals surface area contributed by atoms with E-state index in [1.165, 1.54) is 5.56 Å². The smallest absolute Gasteiger partial charge is 0.236 e. The van der Waals surface area contributed by atoms with Crippen LogP contribution in [-0.4, -0.2) is 56.9 Å². The van der Waals surface area contributed by atoms with Gasteiger partial charge in [0.15, 0.2) is 0 Å². The van der Waals surface area contributed by atoms with Gasteiger partial charge < -0.3 is 19.7 Å². The SMILES string of the molecule is O=C(CN[C@@H](C[C@@H]1CCOC1)c1ccccc1)N1CCOCC1. The normalized spacial score (nSPS) is 23.0. The van der Waals surface area contributed by atoms with Crippen LogP contribution in [0, 0.1) is 5.92 Å². The maximum Gasteiger partial charge on any atom is 0.236 e. The van der Waals surface area contributed by atoms with Gasteiger partial charge in [-0.15, -0.1) is 0 Å². The van der Waals surface area contributed by atoms with E-state index in [1.54, 1.807) is 0 Å². The fourth-order valence-electron chi connectivity index (χ4n) is 3.26. The monoisotopic (exact) mass is 318 g/mol. The van der Waals surface area contributed by atoms with Gasteiger partial charge in [-0.2, -0.15) is 0 Å². The second kappa shape index (κ2) is 8.43. The summed E-state index contributed by atoms with van der Waals surface area (Å²) in [4.78, 5) is 14.2. The number of nitrogens with zero attached hydrogens (tertiary/aromatic N) is 1. The number of amides is 1. The van der Waals surface area contributed by atoms with Crippen molar-refractivity contribution in [2.24, 2.45) is 5.92 Å². The molecule has 5 heteroatoms. The summed E-state index contributed by atoms with van der Waals surface area (Å²) in [5.74, 6) is 0.739. The van der Waals surface area contributed by atoms with Crippen LogP contribution in [0.5, 0.6) is 0 Å². The Morgan fingerprint density at radius 1 is 1.17 bits per heavy atom. The zero-order valence-corrected chi connectivity index (χ0v) is 13.6. The molecule has 1 aromatic rings. The van der Waals surface area contributed by atoms with E-state index in [0.717, 1.165) is 26.1 Å². The molecule has 1 N–H and O–H groups in total. The highest BCUT2D eigenvalue weighted by molar-refractivity contribution is 5.78. The summed E-state index contributed by atoms with van der Waals surface area (Å²) in [6.45, 7) is 4.77. The summed E-state index contributed by atoms with van der Waals surface area (Å²) in [7, 11) is 0. The summed E-state index contributed by atoms with van der Waals surface area (Å²) in [5, 5.41) is 3.47. The predicted molar refractivity (Wildman–Crippen MR) is 88.1 cm³/mol. The van der Waals surface area contributed by atoms with Gasteiger partial charge in [-0.05, 0) is 24.3 Å². The number of carbonyl (C=O) groups excluding carboxylic acids is 1. The third-order valence-electron chi connectivity index (χ3n) is 4.66. The summed E-state index contributed by atoms with van der Waals surface area (Å²) in [6.07, 6.45) is 2.13. The summed E-state index contributed by atoms with van der Waals surface area (Å²) < 4.78 is 10.8. The zero-order chi connectivity index (χ0) is 15.9. The summed E-state index contributed by atoms with van der Waals surface area (Å²) >= 11 is 0. The van der Waals surface area contributed by atoms with Gasteiger partial charge in [-0.25, -0.2) is 0 Å². The van der Waals surface area contributed by atoms with Crippen molar-refractivity contribution in [1.82, 2.24) is 10.2 Å². The average Bonchev–Trinajstić information content (AvgIpc) is 3.13. The van der Waals surface area contributed by atoms with Gasteiger partial charge >= 0.3 is 0 Å². The molecule has 5 nitrogen and oxygen atoms in total. The first-order valence-corrected chi connectivity index (χ1v) is 8.54. The van der Waals surface area contributed by atoms with E-state index >= 15 is 0 Å². The molecule has 3 rings (SSSR count). The van der Waals surface area contributed by atoms with Crippen LogP contribution in [0.25, 0.3) is 0 Å². The summed E-state index contributed by atoms with van der Waals surface area (Å²) in [6, 6.07) is 10.6. The molecule has 1 amide bonds. The maximum atomic E-state index is 12.4. The quantitative estimate of drug-likeness (QED) is 0.866. The van der Waals surface area contributed by atoms with Crippen molar-refractivity contribution >= 4 is 5.91 Å². The summed E-state index contributed by atoms with van der Waals surface area (Å²) in [5.41, 5.74) is 1.24. The standard InChI is InChI=1S/C18H26N2O3/c21-18(20-7-10-22-11-8-20)13-19-17(12-15-6-9-23-14-15)16-4-2-1-3-5-16/h1-5,15,17,19H,6-14H2/t15-,17-/m0/s1. The first kappa shape index (κ1) is 16.4. The molecule has 23 heavy (non-hydrogen) atoms. The van der Waals surface area contributed by atoms with E-state index in [9.17, 15) is 4.79 Å². The molecule has 2 aliphatic heterocycles. The van der Waals surface area contributed by atoms with Gasteiger partial charge in [-0.3, -0.25) is 4.79 Å². The number of hydrogen-bond donors (Lipinski definition) is 1. The van der Waals surface area contributed by atoms with Gasteiger partial charge in [0.2, 0.25) is 5.91 Å². The van der Waals surface area contributed by atoms with Gasteiger partial charge in [-0.1, -0.05) is 30.3 Å². The second-order valence-corrected chi connectivity index (χ2v) is 6.30. The van der Waals surface area contributed by atoms with Crippen LogP contribution in [0.15, 0.2) is 30.3 Å². The minimum Gasteiger partial charge on any atom is -0.381 e. The molecule has 0 aliphatic carbocycles. The Morgan fingerprint density at radius 2 is 1.96 bits per heavy atom. The lowest BCUT2D eigenvalue weighted by molar-refractivity contribution is -0.134. The van der Waals surface area contributed by atoms with E-state index in [4.69, 9.17) is 9.47 Å². The predicted octanol–water partition coefficient (Wildman–Crippen LogP) is 1.60. The fraction of sp³-hybridized carbons (Fsp3) is 0.611. The number of ether oxygens (including phenoxy) is 2. The minimum absolute atomic E-state index is 0.164. The van der Waals surface area contributed by atoms with Crippen LogP contribution in [0.4, 0.5) is 0 Å². The lowest BCUT2D eigenvalue weighted by Crippen LogP contribution is -2.45. The Labute approximate surface area is 137 Å². The number of carbonyl (C=O) groups is 1. The van der Waals surface area contributed by atoms with Crippen molar-refractivity contribution in [1.29, 1.82) is 0 Å². The highest BCUT2D eigenvalue weighted by Crippen LogP contribution is 2.26. The Kier molecular flexibility index (Phi) is 6.02. The molecular weight excluding hydrogens is 292 g/mol. The zero-order valence-electron chi connectivity index (χ0n) is 13.6.